The lowest BCUT2D eigenvalue weighted by Crippen LogP contribution is -2.48. The number of hydrogen-bond acceptors (Lipinski definition) is 5. The fourth-order valence-electron chi connectivity index (χ4n) is 3.19. The van der Waals surface area contributed by atoms with Gasteiger partial charge in [-0.3, -0.25) is 9.59 Å². The number of hydrogen-bond donors (Lipinski definition) is 2. The molecule has 3 rings (SSSR count). The van der Waals surface area contributed by atoms with E-state index in [1.807, 2.05) is 62.4 Å². The van der Waals surface area contributed by atoms with E-state index in [2.05, 4.69) is 31.8 Å². The van der Waals surface area contributed by atoms with E-state index in [0.717, 1.165) is 15.6 Å². The van der Waals surface area contributed by atoms with E-state index in [4.69, 9.17) is 9.47 Å². The van der Waals surface area contributed by atoms with Gasteiger partial charge in [0.05, 0.1) is 17.8 Å². The van der Waals surface area contributed by atoms with Crippen LogP contribution in [0.5, 0.6) is 11.5 Å². The van der Waals surface area contributed by atoms with Crippen LogP contribution in [0.15, 0.2) is 82.4 Å². The van der Waals surface area contributed by atoms with Crippen LogP contribution in [0.3, 0.4) is 0 Å². The maximum Gasteiger partial charge on any atom is 0.262 e. The number of rotatable bonds is 10. The summed E-state index contributed by atoms with van der Waals surface area (Å²) in [6.45, 7) is 4.17. The van der Waals surface area contributed by atoms with Gasteiger partial charge in [0.1, 0.15) is 24.1 Å². The summed E-state index contributed by atoms with van der Waals surface area (Å²) in [5.41, 5.74) is 4.80. The van der Waals surface area contributed by atoms with Gasteiger partial charge in [-0.15, -0.1) is 0 Å². The molecule has 0 saturated carbocycles. The number of methoxy groups -OCH3 is 1. The van der Waals surface area contributed by atoms with Crippen LogP contribution in [0.25, 0.3) is 0 Å². The Morgan fingerprint density at radius 3 is 2.37 bits per heavy atom. The number of amides is 2. The summed E-state index contributed by atoms with van der Waals surface area (Å²) in [7, 11) is 1.56. The standard InChI is InChI=1S/C27H28BrN3O4/c1-18(2)25(30-26(32)21-10-12-22(34-3)13-11-21)27(33)31-29-16-20-9-14-24(23(28)15-20)35-17-19-7-5-4-6-8-19/h4-16,18,25H,17H2,1-3H3,(H,30,32)(H,31,33). The van der Waals surface area contributed by atoms with E-state index >= 15 is 0 Å². The molecule has 1 atom stereocenters. The molecule has 0 aliphatic rings. The van der Waals surface area contributed by atoms with Crippen LogP contribution in [-0.4, -0.2) is 31.2 Å². The Morgan fingerprint density at radius 1 is 1.03 bits per heavy atom. The summed E-state index contributed by atoms with van der Waals surface area (Å²) in [5.74, 6) is 0.468. The largest absolute Gasteiger partial charge is 0.497 e. The molecule has 0 bridgehead atoms. The average molecular weight is 538 g/mol. The lowest BCUT2D eigenvalue weighted by Gasteiger charge is -2.20. The molecule has 3 aromatic rings. The smallest absolute Gasteiger partial charge is 0.262 e. The monoisotopic (exact) mass is 537 g/mol. The lowest BCUT2D eigenvalue weighted by atomic mass is 10.0. The van der Waals surface area contributed by atoms with Gasteiger partial charge in [0, 0.05) is 5.56 Å². The summed E-state index contributed by atoms with van der Waals surface area (Å²) in [4.78, 5) is 25.3. The molecule has 8 heteroatoms. The molecule has 0 aliphatic carbocycles. The number of halogens is 1. The number of carbonyl (C=O) groups excluding carboxylic acids is 2. The molecule has 0 radical (unpaired) electrons. The quantitative estimate of drug-likeness (QED) is 0.283. The average Bonchev–Trinajstić information content (AvgIpc) is 2.87. The van der Waals surface area contributed by atoms with Crippen molar-refractivity contribution in [3.63, 3.8) is 0 Å². The second-order valence-corrected chi connectivity index (χ2v) is 8.98. The Hall–Kier alpha value is -3.65. The van der Waals surface area contributed by atoms with Crippen LogP contribution in [0.2, 0.25) is 0 Å². The van der Waals surface area contributed by atoms with E-state index in [9.17, 15) is 9.59 Å². The number of nitrogens with one attached hydrogen (secondary N) is 2. The first-order valence-corrected chi connectivity index (χ1v) is 11.9. The maximum atomic E-state index is 12.7. The van der Waals surface area contributed by atoms with Gasteiger partial charge in [-0.2, -0.15) is 5.10 Å². The second kappa shape index (κ2) is 12.7. The van der Waals surface area contributed by atoms with Gasteiger partial charge < -0.3 is 14.8 Å². The minimum atomic E-state index is -0.748. The summed E-state index contributed by atoms with van der Waals surface area (Å²) in [6.07, 6.45) is 1.53. The third-order valence-corrected chi connectivity index (χ3v) is 5.79. The molecule has 0 heterocycles. The molecule has 0 fully saturated rings. The van der Waals surface area contributed by atoms with E-state index in [-0.39, 0.29) is 11.8 Å². The molecule has 0 saturated heterocycles. The topological polar surface area (TPSA) is 89.0 Å². The van der Waals surface area contributed by atoms with Crippen molar-refractivity contribution in [3.8, 4) is 11.5 Å². The van der Waals surface area contributed by atoms with Gasteiger partial charge in [0.25, 0.3) is 11.8 Å². The molecule has 2 N–H and O–H groups in total. The van der Waals surface area contributed by atoms with E-state index < -0.39 is 11.9 Å². The number of benzene rings is 3. The van der Waals surface area contributed by atoms with Gasteiger partial charge in [0.15, 0.2) is 0 Å². The van der Waals surface area contributed by atoms with Crippen LogP contribution in [0.1, 0.15) is 35.3 Å². The summed E-state index contributed by atoms with van der Waals surface area (Å²) >= 11 is 3.51. The fraction of sp³-hybridized carbons (Fsp3) is 0.222. The summed E-state index contributed by atoms with van der Waals surface area (Å²) in [6, 6.07) is 21.4. The van der Waals surface area contributed by atoms with Crippen LogP contribution in [0, 0.1) is 5.92 Å². The number of carbonyl (C=O) groups is 2. The number of nitrogens with zero attached hydrogens (tertiary/aromatic N) is 1. The molecule has 0 aliphatic heterocycles. The maximum absolute atomic E-state index is 12.7. The van der Waals surface area contributed by atoms with Crippen molar-refractivity contribution >= 4 is 34.0 Å². The van der Waals surface area contributed by atoms with Crippen molar-refractivity contribution in [2.75, 3.05) is 7.11 Å². The zero-order chi connectivity index (χ0) is 25.2. The van der Waals surface area contributed by atoms with Crippen LogP contribution >= 0.6 is 15.9 Å². The SMILES string of the molecule is COc1ccc(C(=O)NC(C(=O)NN=Cc2ccc(OCc3ccccc3)c(Br)c2)C(C)C)cc1. The van der Waals surface area contributed by atoms with Gasteiger partial charge in [0.2, 0.25) is 0 Å². The molecule has 35 heavy (non-hydrogen) atoms. The fourth-order valence-corrected chi connectivity index (χ4v) is 3.70. The van der Waals surface area contributed by atoms with Crippen molar-refractivity contribution in [2.45, 2.75) is 26.5 Å². The first kappa shape index (κ1) is 26.0. The van der Waals surface area contributed by atoms with Crippen LogP contribution in [-0.2, 0) is 11.4 Å². The molecular weight excluding hydrogens is 510 g/mol. The predicted molar refractivity (Wildman–Crippen MR) is 140 cm³/mol. The van der Waals surface area contributed by atoms with Crippen molar-refractivity contribution in [1.29, 1.82) is 0 Å². The van der Waals surface area contributed by atoms with E-state index in [1.54, 1.807) is 31.4 Å². The highest BCUT2D eigenvalue weighted by Gasteiger charge is 2.24. The molecule has 3 aromatic carbocycles. The van der Waals surface area contributed by atoms with Gasteiger partial charge in [-0.05, 0) is 75.4 Å². The van der Waals surface area contributed by atoms with Crippen molar-refractivity contribution in [2.24, 2.45) is 11.0 Å². The minimum absolute atomic E-state index is 0.136. The third-order valence-electron chi connectivity index (χ3n) is 5.17. The Kier molecular flexibility index (Phi) is 9.43. The van der Waals surface area contributed by atoms with Crippen molar-refractivity contribution in [3.05, 3.63) is 94.0 Å². The van der Waals surface area contributed by atoms with E-state index in [1.165, 1.54) is 6.21 Å². The molecule has 0 aromatic heterocycles. The van der Waals surface area contributed by atoms with Crippen LogP contribution in [0.4, 0.5) is 0 Å². The lowest BCUT2D eigenvalue weighted by molar-refractivity contribution is -0.123. The van der Waals surface area contributed by atoms with E-state index in [0.29, 0.717) is 23.7 Å². The van der Waals surface area contributed by atoms with Crippen molar-refractivity contribution in [1.82, 2.24) is 10.7 Å². The summed E-state index contributed by atoms with van der Waals surface area (Å²) < 4.78 is 11.7. The Bertz CT molecular complexity index is 1160. The van der Waals surface area contributed by atoms with Crippen LogP contribution < -0.4 is 20.2 Å². The molecule has 0 spiro atoms. The third kappa shape index (κ3) is 7.68. The molecular formula is C27H28BrN3O4. The second-order valence-electron chi connectivity index (χ2n) is 8.12. The highest BCUT2D eigenvalue weighted by Crippen LogP contribution is 2.26. The molecule has 1 unspecified atom stereocenters. The molecule has 182 valence electrons. The molecule has 7 nitrogen and oxygen atoms in total. The Balaban J connectivity index is 1.56. The molecule has 2 amide bonds. The Morgan fingerprint density at radius 2 is 1.74 bits per heavy atom. The highest BCUT2D eigenvalue weighted by atomic mass is 79.9. The highest BCUT2D eigenvalue weighted by molar-refractivity contribution is 9.10. The zero-order valence-corrected chi connectivity index (χ0v) is 21.4. The first-order valence-electron chi connectivity index (χ1n) is 11.1. The van der Waals surface area contributed by atoms with Gasteiger partial charge in [-0.1, -0.05) is 44.2 Å². The Labute approximate surface area is 213 Å². The zero-order valence-electron chi connectivity index (χ0n) is 19.8. The first-order chi connectivity index (χ1) is 16.9. The number of hydrazone groups is 1. The summed E-state index contributed by atoms with van der Waals surface area (Å²) in [5, 5.41) is 6.83. The van der Waals surface area contributed by atoms with Gasteiger partial charge in [-0.25, -0.2) is 5.43 Å². The van der Waals surface area contributed by atoms with Gasteiger partial charge >= 0.3 is 0 Å². The number of ether oxygens (including phenoxy) is 2. The minimum Gasteiger partial charge on any atom is -0.497 e. The predicted octanol–water partition coefficient (Wildman–Crippen LogP) is 4.94. The normalized spacial score (nSPS) is 11.8. The van der Waals surface area contributed by atoms with Crippen molar-refractivity contribution < 1.29 is 19.1 Å².